The van der Waals surface area contributed by atoms with Crippen LogP contribution >= 0.6 is 11.6 Å². The Morgan fingerprint density at radius 3 is 2.57 bits per heavy atom. The Morgan fingerprint density at radius 1 is 1.22 bits per heavy atom. The van der Waals surface area contributed by atoms with Crippen molar-refractivity contribution in [2.75, 3.05) is 32.6 Å². The normalized spacial score (nSPS) is 10.7. The summed E-state index contributed by atoms with van der Waals surface area (Å²) in [5, 5.41) is 2.93. The molecule has 0 saturated carbocycles. The molecule has 0 saturated heterocycles. The molecule has 2 rings (SSSR count). The molecule has 0 aliphatic carbocycles. The number of ether oxygens (including phenoxy) is 1. The Bertz CT molecular complexity index is 675. The number of hydrogen-bond donors (Lipinski definition) is 1. The Hall–Kier alpha value is -2.11. The smallest absolute Gasteiger partial charge is 0.258 e. The first-order chi connectivity index (χ1) is 11.0. The van der Waals surface area contributed by atoms with Gasteiger partial charge >= 0.3 is 0 Å². The maximum atomic E-state index is 13.6. The lowest BCUT2D eigenvalue weighted by molar-refractivity contribution is 0.102. The molecule has 0 aromatic heterocycles. The van der Waals surface area contributed by atoms with Crippen LogP contribution in [0, 0.1) is 5.82 Å². The Balaban J connectivity index is 1.97. The number of carbonyl (C=O) groups is 1. The lowest BCUT2D eigenvalue weighted by atomic mass is 10.2. The fourth-order valence-corrected chi connectivity index (χ4v) is 2.02. The van der Waals surface area contributed by atoms with Gasteiger partial charge in [0.15, 0.2) is 0 Å². The van der Waals surface area contributed by atoms with Gasteiger partial charge in [-0.3, -0.25) is 4.79 Å². The first-order valence-corrected chi connectivity index (χ1v) is 7.47. The van der Waals surface area contributed by atoms with Crippen molar-refractivity contribution in [1.29, 1.82) is 0 Å². The molecule has 0 atom stereocenters. The van der Waals surface area contributed by atoms with E-state index in [0.717, 1.165) is 6.54 Å². The average molecular weight is 337 g/mol. The molecule has 122 valence electrons. The first-order valence-electron chi connectivity index (χ1n) is 7.09. The van der Waals surface area contributed by atoms with Crippen molar-refractivity contribution in [3.05, 3.63) is 58.9 Å². The minimum atomic E-state index is -0.615. The number of amides is 1. The Kier molecular flexibility index (Phi) is 5.96. The zero-order chi connectivity index (χ0) is 16.8. The van der Waals surface area contributed by atoms with Crippen molar-refractivity contribution in [2.45, 2.75) is 0 Å². The van der Waals surface area contributed by atoms with Crippen molar-refractivity contribution in [2.24, 2.45) is 0 Å². The number of likely N-dealkylation sites (N-methyl/N-ethyl adjacent to an activating group) is 1. The highest BCUT2D eigenvalue weighted by Crippen LogP contribution is 2.19. The molecule has 0 radical (unpaired) electrons. The standard InChI is InChI=1S/C17H18ClFN2O2/c1-21(2)9-10-23-14-6-4-13(5-7-14)20-17(22)15-11-12(18)3-8-16(15)19/h3-8,11H,9-10H2,1-2H3,(H,20,22). The van der Waals surface area contributed by atoms with Gasteiger partial charge in [-0.2, -0.15) is 0 Å². The molecule has 4 nitrogen and oxygen atoms in total. The molecule has 1 amide bonds. The summed E-state index contributed by atoms with van der Waals surface area (Å²) in [7, 11) is 3.94. The van der Waals surface area contributed by atoms with Gasteiger partial charge in [-0.15, -0.1) is 0 Å². The van der Waals surface area contributed by atoms with Gasteiger partial charge in [0.2, 0.25) is 0 Å². The quantitative estimate of drug-likeness (QED) is 0.875. The number of halogens is 2. The monoisotopic (exact) mass is 336 g/mol. The van der Waals surface area contributed by atoms with Crippen LogP contribution in [0.25, 0.3) is 0 Å². The van der Waals surface area contributed by atoms with Crippen LogP contribution in [0.15, 0.2) is 42.5 Å². The average Bonchev–Trinajstić information content (AvgIpc) is 2.51. The van der Waals surface area contributed by atoms with Crippen LogP contribution in [-0.2, 0) is 0 Å². The van der Waals surface area contributed by atoms with Crippen LogP contribution in [0.3, 0.4) is 0 Å². The van der Waals surface area contributed by atoms with Gasteiger partial charge in [-0.05, 0) is 56.6 Å². The number of hydrogen-bond acceptors (Lipinski definition) is 3. The van der Waals surface area contributed by atoms with Crippen LogP contribution in [0.2, 0.25) is 5.02 Å². The number of carbonyl (C=O) groups excluding carboxylic acids is 1. The largest absolute Gasteiger partial charge is 0.492 e. The Labute approximate surface area is 139 Å². The van der Waals surface area contributed by atoms with E-state index in [-0.39, 0.29) is 5.56 Å². The molecule has 0 heterocycles. The van der Waals surface area contributed by atoms with Crippen molar-refractivity contribution in [1.82, 2.24) is 4.90 Å². The van der Waals surface area contributed by atoms with Gasteiger partial charge < -0.3 is 15.0 Å². The third-order valence-electron chi connectivity index (χ3n) is 3.09. The van der Waals surface area contributed by atoms with Crippen LogP contribution in [0.5, 0.6) is 5.75 Å². The van der Waals surface area contributed by atoms with Crippen LogP contribution in [0.1, 0.15) is 10.4 Å². The maximum Gasteiger partial charge on any atom is 0.258 e. The van der Waals surface area contributed by atoms with Crippen molar-refractivity contribution < 1.29 is 13.9 Å². The molecular formula is C17H18ClFN2O2. The van der Waals surface area contributed by atoms with Gasteiger partial charge in [-0.1, -0.05) is 11.6 Å². The van der Waals surface area contributed by atoms with E-state index in [1.54, 1.807) is 24.3 Å². The van der Waals surface area contributed by atoms with E-state index in [4.69, 9.17) is 16.3 Å². The lowest BCUT2D eigenvalue weighted by Gasteiger charge is -2.11. The third kappa shape index (κ3) is 5.23. The zero-order valence-corrected chi connectivity index (χ0v) is 13.7. The van der Waals surface area contributed by atoms with Crippen molar-refractivity contribution >= 4 is 23.2 Å². The summed E-state index contributed by atoms with van der Waals surface area (Å²) < 4.78 is 19.2. The van der Waals surface area contributed by atoms with E-state index in [1.807, 2.05) is 19.0 Å². The predicted molar refractivity (Wildman–Crippen MR) is 89.9 cm³/mol. The third-order valence-corrected chi connectivity index (χ3v) is 3.33. The van der Waals surface area contributed by atoms with Gasteiger partial charge in [0.25, 0.3) is 5.91 Å². The molecule has 23 heavy (non-hydrogen) atoms. The molecule has 0 bridgehead atoms. The highest BCUT2D eigenvalue weighted by molar-refractivity contribution is 6.31. The molecule has 2 aromatic carbocycles. The highest BCUT2D eigenvalue weighted by atomic mass is 35.5. The van der Waals surface area contributed by atoms with Crippen LogP contribution in [0.4, 0.5) is 10.1 Å². The van der Waals surface area contributed by atoms with E-state index < -0.39 is 11.7 Å². The summed E-state index contributed by atoms with van der Waals surface area (Å²) in [5.41, 5.74) is 0.457. The van der Waals surface area contributed by atoms with E-state index in [1.165, 1.54) is 18.2 Å². The highest BCUT2D eigenvalue weighted by Gasteiger charge is 2.12. The SMILES string of the molecule is CN(C)CCOc1ccc(NC(=O)c2cc(Cl)ccc2F)cc1. The first kappa shape index (κ1) is 17.2. The van der Waals surface area contributed by atoms with Gasteiger partial charge in [0, 0.05) is 17.3 Å². The molecule has 1 N–H and O–H groups in total. The predicted octanol–water partition coefficient (Wildman–Crippen LogP) is 3.67. The summed E-state index contributed by atoms with van der Waals surface area (Å²) in [6, 6.07) is 10.8. The minimum Gasteiger partial charge on any atom is -0.492 e. The summed E-state index contributed by atoms with van der Waals surface area (Å²) in [6.45, 7) is 1.39. The topological polar surface area (TPSA) is 41.6 Å². The molecular weight excluding hydrogens is 319 g/mol. The second-order valence-corrected chi connectivity index (χ2v) is 5.69. The van der Waals surface area contributed by atoms with Gasteiger partial charge in [0.1, 0.15) is 18.2 Å². The number of rotatable bonds is 6. The van der Waals surface area contributed by atoms with E-state index >= 15 is 0 Å². The number of nitrogens with one attached hydrogen (secondary N) is 1. The Morgan fingerprint density at radius 2 is 1.91 bits per heavy atom. The molecule has 0 unspecified atom stereocenters. The van der Waals surface area contributed by atoms with E-state index in [2.05, 4.69) is 5.32 Å². The van der Waals surface area contributed by atoms with Crippen LogP contribution in [-0.4, -0.2) is 38.1 Å². The van der Waals surface area contributed by atoms with Gasteiger partial charge in [-0.25, -0.2) is 4.39 Å². The van der Waals surface area contributed by atoms with E-state index in [9.17, 15) is 9.18 Å². The molecule has 0 aliphatic heterocycles. The number of anilines is 1. The summed E-state index contributed by atoms with van der Waals surface area (Å²) in [4.78, 5) is 14.1. The van der Waals surface area contributed by atoms with Crippen molar-refractivity contribution in [3.8, 4) is 5.75 Å². The minimum absolute atomic E-state index is 0.0937. The fraction of sp³-hybridized carbons (Fsp3) is 0.235. The summed E-state index contributed by atoms with van der Waals surface area (Å²) in [5.74, 6) is -0.458. The lowest BCUT2D eigenvalue weighted by Crippen LogP contribution is -2.19. The molecule has 0 fully saturated rings. The maximum absolute atomic E-state index is 13.6. The summed E-state index contributed by atoms with van der Waals surface area (Å²) >= 11 is 5.79. The molecule has 2 aromatic rings. The molecule has 6 heteroatoms. The fourth-order valence-electron chi connectivity index (χ4n) is 1.85. The van der Waals surface area contributed by atoms with Gasteiger partial charge in [0.05, 0.1) is 5.56 Å². The molecule has 0 aliphatic rings. The number of benzene rings is 2. The second-order valence-electron chi connectivity index (χ2n) is 5.25. The van der Waals surface area contributed by atoms with Crippen molar-refractivity contribution in [3.63, 3.8) is 0 Å². The molecule has 0 spiro atoms. The zero-order valence-electron chi connectivity index (χ0n) is 13.0. The van der Waals surface area contributed by atoms with Crippen LogP contribution < -0.4 is 10.1 Å². The number of nitrogens with zero attached hydrogens (tertiary/aromatic N) is 1. The van der Waals surface area contributed by atoms with E-state index in [0.29, 0.717) is 23.1 Å². The summed E-state index contributed by atoms with van der Waals surface area (Å²) in [6.07, 6.45) is 0. The second kappa shape index (κ2) is 7.94.